The summed E-state index contributed by atoms with van der Waals surface area (Å²) in [6, 6.07) is 22.3. The van der Waals surface area contributed by atoms with Gasteiger partial charge in [0.05, 0.1) is 0 Å². The van der Waals surface area contributed by atoms with Crippen LogP contribution in [0.15, 0.2) is 48.5 Å². The van der Waals surface area contributed by atoms with E-state index in [4.69, 9.17) is 0 Å². The summed E-state index contributed by atoms with van der Waals surface area (Å²) in [5.74, 6) is 5.22. The van der Waals surface area contributed by atoms with E-state index >= 15 is 0 Å². The molecule has 8 rings (SSSR count). The fourth-order valence-corrected chi connectivity index (χ4v) is 8.29. The van der Waals surface area contributed by atoms with Crippen molar-refractivity contribution in [2.45, 2.75) is 104 Å². The Morgan fingerprint density at radius 3 is 1.88 bits per heavy atom. The Balaban J connectivity index is 0.000000210. The number of hydrogen-bond donors (Lipinski definition) is 0. The van der Waals surface area contributed by atoms with E-state index in [1.165, 1.54) is 38.9 Å². The van der Waals surface area contributed by atoms with E-state index in [2.05, 4.69) is 103 Å². The van der Waals surface area contributed by atoms with Crippen molar-refractivity contribution in [1.82, 2.24) is 0 Å². The van der Waals surface area contributed by atoms with Gasteiger partial charge in [0.15, 0.2) is 0 Å². The second kappa shape index (κ2) is 12.5. The van der Waals surface area contributed by atoms with Crippen LogP contribution in [-0.2, 0) is 43.5 Å². The third kappa shape index (κ3) is 6.58. The molecule has 0 unspecified atom stereocenters. The topological polar surface area (TPSA) is 0 Å². The summed E-state index contributed by atoms with van der Waals surface area (Å²) in [5.41, 5.74) is 11.8. The summed E-state index contributed by atoms with van der Waals surface area (Å²) >= 11 is 0. The third-order valence-electron chi connectivity index (χ3n) is 10.0. The Hall–Kier alpha value is -0.747. The first-order valence-electron chi connectivity index (χ1n) is 14.9. The largest absolute Gasteiger partial charge is 4.00 e. The number of halogens is 2. The van der Waals surface area contributed by atoms with Crippen LogP contribution in [0.2, 0.25) is 0 Å². The Morgan fingerprint density at radius 2 is 1.35 bits per heavy atom. The summed E-state index contributed by atoms with van der Waals surface area (Å²) in [4.78, 5) is 0. The monoisotopic (exact) mass is 650 g/mol. The van der Waals surface area contributed by atoms with Crippen molar-refractivity contribution < 1.29 is 51.0 Å². The molecule has 212 valence electrons. The number of hydrogen-bond acceptors (Lipinski definition) is 0. The van der Waals surface area contributed by atoms with Crippen LogP contribution in [0, 0.1) is 36.7 Å². The Morgan fingerprint density at radius 1 is 0.750 bits per heavy atom. The molecule has 0 spiro atoms. The molecule has 0 N–H and O–H groups in total. The smallest absolute Gasteiger partial charge is 1.00 e. The normalized spacial score (nSPS) is 25.4. The van der Waals surface area contributed by atoms with E-state index in [0.29, 0.717) is 0 Å². The second-order valence-electron chi connectivity index (χ2n) is 15.0. The summed E-state index contributed by atoms with van der Waals surface area (Å²) in [6.45, 7) is 15.8. The van der Waals surface area contributed by atoms with E-state index in [9.17, 15) is 0 Å². The van der Waals surface area contributed by atoms with Crippen molar-refractivity contribution in [2.75, 3.05) is 0 Å². The minimum Gasteiger partial charge on any atom is -1.00 e. The molecule has 3 heteroatoms. The average molecular weight is 653 g/mol. The maximum atomic E-state index is 3.67. The molecule has 0 atom stereocenters. The van der Waals surface area contributed by atoms with Crippen LogP contribution >= 0.6 is 0 Å². The van der Waals surface area contributed by atoms with Crippen LogP contribution in [0.25, 0.3) is 11.1 Å². The molecule has 4 fully saturated rings. The van der Waals surface area contributed by atoms with Crippen LogP contribution in [-0.4, -0.2) is 0 Å². The molecule has 4 saturated carbocycles. The van der Waals surface area contributed by atoms with Gasteiger partial charge in [-0.3, -0.25) is 0 Å². The van der Waals surface area contributed by atoms with Crippen molar-refractivity contribution in [1.29, 1.82) is 0 Å². The van der Waals surface area contributed by atoms with Gasteiger partial charge in [-0.25, -0.2) is 6.07 Å². The maximum absolute atomic E-state index is 3.67. The van der Waals surface area contributed by atoms with E-state index < -0.39 is 0 Å². The zero-order chi connectivity index (χ0) is 26.1. The van der Waals surface area contributed by atoms with Gasteiger partial charge in [-0.15, -0.1) is 11.1 Å². The van der Waals surface area contributed by atoms with Crippen LogP contribution in [0.3, 0.4) is 0 Å². The van der Waals surface area contributed by atoms with Crippen molar-refractivity contribution in [2.24, 2.45) is 23.7 Å². The zero-order valence-corrected chi connectivity index (χ0v) is 29.5. The number of benzene rings is 2. The summed E-state index contributed by atoms with van der Waals surface area (Å²) in [7, 11) is 0. The molecule has 3 aromatic carbocycles. The van der Waals surface area contributed by atoms with Crippen molar-refractivity contribution in [3.8, 4) is 11.1 Å². The zero-order valence-electron chi connectivity index (χ0n) is 25.5. The molecular formula is C37H46Cl2Zr. The number of aryl methyl sites for hydroxylation is 1. The molecule has 0 aromatic heterocycles. The van der Waals surface area contributed by atoms with Gasteiger partial charge in [0.2, 0.25) is 0 Å². The number of fused-ring (bicyclic) bond motifs is 3. The van der Waals surface area contributed by atoms with E-state index in [1.807, 2.05) is 0 Å². The Bertz CT molecular complexity index is 1210. The molecule has 5 aliphatic rings. The van der Waals surface area contributed by atoms with E-state index in [-0.39, 0.29) is 61.8 Å². The first kappa shape index (κ1) is 33.8. The maximum Gasteiger partial charge on any atom is 4.00 e. The minimum atomic E-state index is 0. The summed E-state index contributed by atoms with van der Waals surface area (Å²) in [5, 5.41) is 0. The molecule has 5 aliphatic carbocycles. The Labute approximate surface area is 275 Å². The van der Waals surface area contributed by atoms with Crippen LogP contribution in [0.4, 0.5) is 0 Å². The van der Waals surface area contributed by atoms with Crippen LogP contribution < -0.4 is 24.8 Å². The molecule has 0 saturated heterocycles. The fraction of sp³-hybridized carbons (Fsp3) is 0.541. The molecule has 0 nitrogen and oxygen atoms in total. The van der Waals surface area contributed by atoms with Crippen molar-refractivity contribution >= 4 is 0 Å². The Kier molecular flexibility index (Phi) is 10.5. The first-order valence-corrected chi connectivity index (χ1v) is 14.9. The molecule has 0 radical (unpaired) electrons. The van der Waals surface area contributed by atoms with Gasteiger partial charge >= 0.3 is 26.2 Å². The summed E-state index contributed by atoms with van der Waals surface area (Å²) < 4.78 is 0. The first-order chi connectivity index (χ1) is 17.5. The molecule has 4 bridgehead atoms. The fourth-order valence-electron chi connectivity index (χ4n) is 8.29. The van der Waals surface area contributed by atoms with Gasteiger partial charge in [-0.2, -0.15) is 47.0 Å². The molecule has 0 amide bonds. The predicted octanol–water partition coefficient (Wildman–Crippen LogP) is 3.91. The minimum absolute atomic E-state index is 0. The summed E-state index contributed by atoms with van der Waals surface area (Å²) in [6.07, 6.45) is 8.77. The quantitative estimate of drug-likeness (QED) is 0.274. The van der Waals surface area contributed by atoms with Crippen LogP contribution in [0.1, 0.15) is 113 Å². The van der Waals surface area contributed by atoms with Gasteiger partial charge in [-0.1, -0.05) is 78.1 Å². The second-order valence-corrected chi connectivity index (χ2v) is 15.0. The number of rotatable bonds is 1. The average Bonchev–Trinajstić information content (AvgIpc) is 3.40. The molecule has 0 heterocycles. The van der Waals surface area contributed by atoms with Crippen molar-refractivity contribution in [3.63, 3.8) is 0 Å². The van der Waals surface area contributed by atoms with E-state index in [1.54, 1.807) is 37.7 Å². The van der Waals surface area contributed by atoms with Gasteiger partial charge in [-0.05, 0) is 84.2 Å². The standard InChI is InChI=1S/C21H25.C16H21.2ClH.Zr/c1-20(2,3)16-7-9-18-14(12-16)11-15-13-17(21(4,5)6)8-10-19(15)18;1-10-2-3-13(4-10)16-14-6-11-5-12(8-14)9-15(16)7-11;;;/h7-10,12H,11H2,1-6H3;2-4,11-12,14-16H,5-9H2,1H3;2*1H;/q2*-1;;;+4/p-2. The molecular weight excluding hydrogens is 607 g/mol. The predicted molar refractivity (Wildman–Crippen MR) is 157 cm³/mol. The van der Waals surface area contributed by atoms with Crippen molar-refractivity contribution in [3.05, 3.63) is 88.0 Å². The van der Waals surface area contributed by atoms with Gasteiger partial charge in [0.25, 0.3) is 0 Å². The van der Waals surface area contributed by atoms with E-state index in [0.717, 1.165) is 36.0 Å². The van der Waals surface area contributed by atoms with Gasteiger partial charge < -0.3 is 24.8 Å². The molecule has 0 aliphatic heterocycles. The third-order valence-corrected chi connectivity index (χ3v) is 10.0. The van der Waals surface area contributed by atoms with Gasteiger partial charge in [0, 0.05) is 0 Å². The van der Waals surface area contributed by atoms with Gasteiger partial charge in [0.1, 0.15) is 0 Å². The SMILES string of the molecule is CC(C)(C)c1[c-]c2c(cc1)-c1ccc(C(C)(C)C)cc1C2.Cc1cc(C2C3CC4CC(C3)CC2C4)c[cH-]1.[Cl-].[Cl-].[Zr+4]. The molecule has 40 heavy (non-hydrogen) atoms. The van der Waals surface area contributed by atoms with Crippen LogP contribution in [0.5, 0.6) is 0 Å². The molecule has 3 aromatic rings.